The molecule has 1 fully saturated rings. The predicted octanol–water partition coefficient (Wildman–Crippen LogP) is 4.89. The van der Waals surface area contributed by atoms with E-state index in [4.69, 9.17) is 40.1 Å². The molecule has 1 aliphatic rings. The fourth-order valence-electron chi connectivity index (χ4n) is 3.46. The molecule has 2 aromatic heterocycles. The first-order chi connectivity index (χ1) is 16.3. The van der Waals surface area contributed by atoms with Crippen molar-refractivity contribution in [1.29, 1.82) is 0 Å². The molecule has 0 aliphatic carbocycles. The van der Waals surface area contributed by atoms with Crippen LogP contribution in [0.2, 0.25) is 5.02 Å². The van der Waals surface area contributed by atoms with Gasteiger partial charge in [-0.2, -0.15) is 4.98 Å². The lowest BCUT2D eigenvalue weighted by molar-refractivity contribution is 0.0307. The van der Waals surface area contributed by atoms with Crippen molar-refractivity contribution in [3.8, 4) is 28.6 Å². The molecule has 0 bridgehead atoms. The number of nitrogens with zero attached hydrogens (tertiary/aromatic N) is 2. The molecule has 0 atom stereocenters. The quantitative estimate of drug-likeness (QED) is 0.347. The number of hydrogen-bond donors (Lipinski definition) is 2. The Hall–Kier alpha value is -2.72. The molecule has 0 saturated carbocycles. The second-order valence-electron chi connectivity index (χ2n) is 7.95. The van der Waals surface area contributed by atoms with Crippen molar-refractivity contribution in [2.24, 2.45) is 5.73 Å². The van der Waals surface area contributed by atoms with Gasteiger partial charge in [-0.3, -0.25) is 9.05 Å². The van der Waals surface area contributed by atoms with Gasteiger partial charge in [0.2, 0.25) is 5.82 Å². The molecular weight excluding hydrogens is 485 g/mol. The summed E-state index contributed by atoms with van der Waals surface area (Å²) in [4.78, 5) is 13.9. The molecule has 2 aromatic carbocycles. The highest BCUT2D eigenvalue weighted by atomic mass is 35.5. The van der Waals surface area contributed by atoms with Crippen LogP contribution < -0.4 is 10.5 Å². The van der Waals surface area contributed by atoms with Gasteiger partial charge in [0.25, 0.3) is 5.89 Å². The molecule has 3 N–H and O–H groups in total. The zero-order valence-corrected chi connectivity index (χ0v) is 19.7. The van der Waals surface area contributed by atoms with Crippen molar-refractivity contribution in [2.45, 2.75) is 18.9 Å². The van der Waals surface area contributed by atoms with Gasteiger partial charge in [-0.05, 0) is 48.9 Å². The molecule has 3 heterocycles. The van der Waals surface area contributed by atoms with Gasteiger partial charge in [0.05, 0.1) is 24.8 Å². The van der Waals surface area contributed by atoms with Crippen LogP contribution in [0.25, 0.3) is 33.8 Å². The SMILES string of the molecule is CCCOc1ccc(-c2nc(-c3ccc4oc(C5(N)COP(=O)(O)OC5)cc4c3)no2)cc1Cl. The summed E-state index contributed by atoms with van der Waals surface area (Å²) in [7, 11) is -4.07. The zero-order chi connectivity index (χ0) is 23.9. The minimum atomic E-state index is -4.07. The monoisotopic (exact) mass is 505 g/mol. The van der Waals surface area contributed by atoms with E-state index in [1.54, 1.807) is 36.4 Å². The number of phosphoric ester groups is 1. The molecule has 34 heavy (non-hydrogen) atoms. The summed E-state index contributed by atoms with van der Waals surface area (Å²) in [5.41, 5.74) is 7.04. The number of hydrogen-bond acceptors (Lipinski definition) is 9. The van der Waals surface area contributed by atoms with E-state index in [1.807, 2.05) is 13.0 Å². The maximum absolute atomic E-state index is 11.5. The number of fused-ring (bicyclic) bond motifs is 1. The minimum Gasteiger partial charge on any atom is -0.492 e. The first kappa shape index (κ1) is 23.0. The lowest BCUT2D eigenvalue weighted by atomic mass is 10.00. The molecule has 0 radical (unpaired) electrons. The second kappa shape index (κ2) is 8.81. The van der Waals surface area contributed by atoms with Crippen molar-refractivity contribution in [1.82, 2.24) is 10.1 Å². The van der Waals surface area contributed by atoms with Crippen molar-refractivity contribution in [3.05, 3.63) is 53.2 Å². The van der Waals surface area contributed by atoms with Crippen LogP contribution in [0.15, 0.2) is 51.4 Å². The highest BCUT2D eigenvalue weighted by Crippen LogP contribution is 2.49. The molecule has 0 unspecified atom stereocenters. The van der Waals surface area contributed by atoms with E-state index in [0.717, 1.165) is 11.8 Å². The third-order valence-corrected chi connectivity index (χ3v) is 6.51. The molecule has 1 aliphatic heterocycles. The van der Waals surface area contributed by atoms with Crippen LogP contribution in [0.3, 0.4) is 0 Å². The van der Waals surface area contributed by atoms with Crippen LogP contribution >= 0.6 is 19.4 Å². The molecule has 12 heteroatoms. The average Bonchev–Trinajstić information content (AvgIpc) is 3.48. The number of rotatable bonds is 6. The normalized spacial score (nSPS) is 22.8. The van der Waals surface area contributed by atoms with Crippen molar-refractivity contribution in [2.75, 3.05) is 19.8 Å². The first-order valence-electron chi connectivity index (χ1n) is 10.5. The van der Waals surface area contributed by atoms with Gasteiger partial charge >= 0.3 is 7.82 Å². The Morgan fingerprint density at radius 2 is 1.94 bits per heavy atom. The van der Waals surface area contributed by atoms with E-state index in [2.05, 4.69) is 10.1 Å². The van der Waals surface area contributed by atoms with E-state index in [-0.39, 0.29) is 13.2 Å². The van der Waals surface area contributed by atoms with Crippen LogP contribution in [0.1, 0.15) is 19.1 Å². The zero-order valence-electron chi connectivity index (χ0n) is 18.1. The van der Waals surface area contributed by atoms with Gasteiger partial charge in [0.1, 0.15) is 22.6 Å². The standard InChI is InChI=1S/C22H21ClN3O7P/c1-2-7-29-18-6-4-14(9-16(18)23)21-25-20(26-33-21)13-3-5-17-15(8-13)10-19(32-17)22(24)11-30-34(27,28)31-12-22/h3-6,8-10H,2,7,11-12,24H2,1H3,(H,27,28). The third kappa shape index (κ3) is 4.48. The van der Waals surface area contributed by atoms with E-state index >= 15 is 0 Å². The smallest absolute Gasteiger partial charge is 0.472 e. The van der Waals surface area contributed by atoms with Crippen molar-refractivity contribution in [3.63, 3.8) is 0 Å². The fourth-order valence-corrected chi connectivity index (χ4v) is 4.56. The molecule has 0 amide bonds. The highest BCUT2D eigenvalue weighted by molar-refractivity contribution is 7.47. The summed E-state index contributed by atoms with van der Waals surface area (Å²) in [6.45, 7) is 2.17. The van der Waals surface area contributed by atoms with Gasteiger partial charge in [-0.25, -0.2) is 4.57 Å². The molecular formula is C22H21ClN3O7P. The van der Waals surface area contributed by atoms with Gasteiger partial charge < -0.3 is 24.3 Å². The van der Waals surface area contributed by atoms with Crippen LogP contribution in [0.4, 0.5) is 0 Å². The largest absolute Gasteiger partial charge is 0.492 e. The molecule has 5 rings (SSSR count). The Balaban J connectivity index is 1.39. The molecule has 178 valence electrons. The Bertz CT molecular complexity index is 1390. The van der Waals surface area contributed by atoms with Gasteiger partial charge in [0, 0.05) is 16.5 Å². The summed E-state index contributed by atoms with van der Waals surface area (Å²) in [5.74, 6) is 1.67. The molecule has 0 spiro atoms. The van der Waals surface area contributed by atoms with Crippen LogP contribution in [0, 0.1) is 0 Å². The maximum Gasteiger partial charge on any atom is 0.472 e. The minimum absolute atomic E-state index is 0.216. The second-order valence-corrected chi connectivity index (χ2v) is 9.81. The van der Waals surface area contributed by atoms with Crippen molar-refractivity contribution >= 4 is 30.4 Å². The number of benzene rings is 2. The predicted molar refractivity (Wildman–Crippen MR) is 123 cm³/mol. The highest BCUT2D eigenvalue weighted by Gasteiger charge is 2.42. The summed E-state index contributed by atoms with van der Waals surface area (Å²) in [6, 6.07) is 12.4. The molecule has 4 aromatic rings. The van der Waals surface area contributed by atoms with Crippen LogP contribution in [-0.4, -0.2) is 34.9 Å². The number of nitrogens with two attached hydrogens (primary N) is 1. The lowest BCUT2D eigenvalue weighted by Gasteiger charge is -2.32. The number of halogens is 1. The average molecular weight is 506 g/mol. The van der Waals surface area contributed by atoms with E-state index in [9.17, 15) is 9.46 Å². The van der Waals surface area contributed by atoms with Gasteiger partial charge in [-0.1, -0.05) is 23.7 Å². The summed E-state index contributed by atoms with van der Waals surface area (Å²) >= 11 is 6.31. The summed E-state index contributed by atoms with van der Waals surface area (Å²) < 4.78 is 38.1. The summed E-state index contributed by atoms with van der Waals surface area (Å²) in [5, 5.41) is 5.28. The van der Waals surface area contributed by atoms with Crippen LogP contribution in [-0.2, 0) is 19.2 Å². The van der Waals surface area contributed by atoms with Crippen LogP contribution in [0.5, 0.6) is 5.75 Å². The number of aromatic nitrogens is 2. The Morgan fingerprint density at radius 1 is 1.18 bits per heavy atom. The van der Waals surface area contributed by atoms with Gasteiger partial charge in [0.15, 0.2) is 0 Å². The first-order valence-corrected chi connectivity index (χ1v) is 12.4. The van der Waals surface area contributed by atoms with E-state index in [1.165, 1.54) is 0 Å². The Morgan fingerprint density at radius 3 is 2.68 bits per heavy atom. The van der Waals surface area contributed by atoms with Crippen molar-refractivity contribution < 1.29 is 32.2 Å². The van der Waals surface area contributed by atoms with Gasteiger partial charge in [-0.15, -0.1) is 0 Å². The Labute approximate surface area is 199 Å². The number of furan rings is 1. The van der Waals surface area contributed by atoms with E-state index in [0.29, 0.717) is 51.6 Å². The topological polar surface area (TPSA) is 143 Å². The lowest BCUT2D eigenvalue weighted by Crippen LogP contribution is -2.47. The number of ether oxygens (including phenoxy) is 1. The molecule has 10 nitrogen and oxygen atoms in total. The summed E-state index contributed by atoms with van der Waals surface area (Å²) in [6.07, 6.45) is 0.881. The Kier molecular flexibility index (Phi) is 5.97. The maximum atomic E-state index is 11.5. The molecule has 1 saturated heterocycles. The number of phosphoric acid groups is 1. The fraction of sp³-hybridized carbons (Fsp3) is 0.273. The third-order valence-electron chi connectivity index (χ3n) is 5.30. The van der Waals surface area contributed by atoms with E-state index < -0.39 is 13.4 Å².